The molecule has 1 N–H and O–H groups in total. The van der Waals surface area contributed by atoms with Crippen molar-refractivity contribution in [3.05, 3.63) is 18.2 Å². The summed E-state index contributed by atoms with van der Waals surface area (Å²) in [5.41, 5.74) is 2.48. The lowest BCUT2D eigenvalue weighted by Crippen LogP contribution is -2.47. The van der Waals surface area contributed by atoms with E-state index in [9.17, 15) is 18.4 Å². The van der Waals surface area contributed by atoms with Gasteiger partial charge >= 0.3 is 6.09 Å². The molecule has 0 saturated carbocycles. The molecule has 0 unspecified atom stereocenters. The van der Waals surface area contributed by atoms with Crippen LogP contribution in [0.2, 0.25) is 0 Å². The Kier molecular flexibility index (Phi) is 9.49. The van der Waals surface area contributed by atoms with Crippen molar-refractivity contribution < 1.29 is 23.1 Å². The fourth-order valence-corrected chi connectivity index (χ4v) is 3.93. The van der Waals surface area contributed by atoms with Crippen LogP contribution >= 0.6 is 0 Å². The van der Waals surface area contributed by atoms with E-state index < -0.39 is 24.2 Å². The molecule has 10 heteroatoms. The van der Waals surface area contributed by atoms with Crippen molar-refractivity contribution in [2.45, 2.75) is 45.1 Å². The summed E-state index contributed by atoms with van der Waals surface area (Å²) < 4.78 is 31.0. The maximum atomic E-state index is 13.0. The van der Waals surface area contributed by atoms with Crippen molar-refractivity contribution in [1.29, 1.82) is 0 Å². The van der Waals surface area contributed by atoms with Crippen molar-refractivity contribution in [2.24, 2.45) is 0 Å². The van der Waals surface area contributed by atoms with Gasteiger partial charge in [0, 0.05) is 53.2 Å². The topological polar surface area (TPSA) is 68.4 Å². The predicted octanol–water partition coefficient (Wildman–Crippen LogP) is 3.73. The minimum absolute atomic E-state index is 0.147. The molecule has 2 heterocycles. The smallest absolute Gasteiger partial charge is 0.410 e. The first-order valence-corrected chi connectivity index (χ1v) is 11.6. The Balaban J connectivity index is 0.000000248. The molecule has 192 valence electrons. The summed E-state index contributed by atoms with van der Waals surface area (Å²) in [4.78, 5) is 30.0. The van der Waals surface area contributed by atoms with Crippen LogP contribution in [0.25, 0.3) is 0 Å². The largest absolute Gasteiger partial charge is 0.444 e. The van der Waals surface area contributed by atoms with Gasteiger partial charge in [-0.05, 0) is 46.4 Å². The molecule has 0 radical (unpaired) electrons. The Morgan fingerprint density at radius 3 is 2.32 bits per heavy atom. The van der Waals surface area contributed by atoms with E-state index in [-0.39, 0.29) is 6.42 Å². The molecule has 34 heavy (non-hydrogen) atoms. The first-order valence-electron chi connectivity index (χ1n) is 11.6. The van der Waals surface area contributed by atoms with Gasteiger partial charge in [0.25, 0.3) is 5.92 Å². The Labute approximate surface area is 201 Å². The van der Waals surface area contributed by atoms with Crippen molar-refractivity contribution in [3.63, 3.8) is 0 Å². The van der Waals surface area contributed by atoms with E-state index in [1.54, 1.807) is 20.8 Å². The van der Waals surface area contributed by atoms with Gasteiger partial charge in [-0.3, -0.25) is 4.79 Å². The van der Waals surface area contributed by atoms with Gasteiger partial charge in [-0.1, -0.05) is 6.07 Å². The van der Waals surface area contributed by atoms with E-state index in [0.29, 0.717) is 13.0 Å². The number of halogens is 2. The summed E-state index contributed by atoms with van der Waals surface area (Å²) in [6.45, 7) is 9.14. The molecule has 1 aromatic carbocycles. The molecule has 2 aliphatic rings. The van der Waals surface area contributed by atoms with E-state index in [4.69, 9.17) is 4.74 Å². The highest BCUT2D eigenvalue weighted by atomic mass is 19.3. The summed E-state index contributed by atoms with van der Waals surface area (Å²) >= 11 is 0. The molecule has 0 spiro atoms. The number of anilines is 3. The number of para-hydroxylation sites is 1. The first-order chi connectivity index (χ1) is 15.8. The second-order valence-electron chi connectivity index (χ2n) is 9.98. The number of likely N-dealkylation sites (N-methyl/N-ethyl adjacent to an activating group) is 1. The van der Waals surface area contributed by atoms with Crippen LogP contribution in [0.4, 0.5) is 30.6 Å². The minimum atomic E-state index is -2.77. The first kappa shape index (κ1) is 27.6. The van der Waals surface area contributed by atoms with E-state index in [0.717, 1.165) is 48.9 Å². The van der Waals surface area contributed by atoms with Crippen LogP contribution in [0.1, 0.15) is 33.6 Å². The monoisotopic (exact) mass is 483 g/mol. The lowest BCUT2D eigenvalue weighted by atomic mass is 10.1. The van der Waals surface area contributed by atoms with Crippen molar-refractivity contribution in [2.75, 3.05) is 75.5 Å². The molecule has 0 aromatic heterocycles. The number of rotatable bonds is 4. The number of piperazine rings is 1. The van der Waals surface area contributed by atoms with Crippen LogP contribution in [0.3, 0.4) is 0 Å². The van der Waals surface area contributed by atoms with Gasteiger partial charge in [-0.15, -0.1) is 0 Å². The fraction of sp³-hybridized carbons (Fsp3) is 0.667. The average molecular weight is 484 g/mol. The van der Waals surface area contributed by atoms with Crippen LogP contribution in [0.15, 0.2) is 18.2 Å². The number of carbonyl (C=O) groups excluding carboxylic acids is 2. The highest BCUT2D eigenvalue weighted by Crippen LogP contribution is 2.35. The molecule has 2 aliphatic heterocycles. The van der Waals surface area contributed by atoms with Gasteiger partial charge in [0.05, 0.1) is 23.6 Å². The number of nitrogens with one attached hydrogen (secondary N) is 1. The van der Waals surface area contributed by atoms with Crippen LogP contribution in [-0.2, 0) is 9.53 Å². The second-order valence-corrected chi connectivity index (χ2v) is 9.98. The van der Waals surface area contributed by atoms with Gasteiger partial charge in [-0.25, -0.2) is 13.6 Å². The summed E-state index contributed by atoms with van der Waals surface area (Å²) in [5, 5.41) is 2.79. The lowest BCUT2D eigenvalue weighted by molar-refractivity contribution is -0.105. The Hall–Kier alpha value is -2.62. The standard InChI is InChI=1S/C14H22N4O.C10H17F2NO2/c1-16(2)14-12(15-11-19)5-4-6-13(14)18-9-7-17(3)8-10-18;1-9(2,3)15-8(14)13-6-4-5-10(11,12)7-13/h4-6,11H,7-10H2,1-3H3,(H,15,19);4-7H2,1-3H3. The second kappa shape index (κ2) is 11.7. The number of likely N-dealkylation sites (tertiary alicyclic amines) is 1. The number of hydrogen-bond donors (Lipinski definition) is 1. The van der Waals surface area contributed by atoms with Gasteiger partial charge in [0.1, 0.15) is 5.60 Å². The van der Waals surface area contributed by atoms with Crippen molar-refractivity contribution in [1.82, 2.24) is 9.80 Å². The van der Waals surface area contributed by atoms with Crippen LogP contribution in [0, 0.1) is 0 Å². The van der Waals surface area contributed by atoms with Crippen molar-refractivity contribution in [3.8, 4) is 0 Å². The van der Waals surface area contributed by atoms with E-state index >= 15 is 0 Å². The van der Waals surface area contributed by atoms with Gasteiger partial charge in [0.15, 0.2) is 0 Å². The lowest BCUT2D eigenvalue weighted by Gasteiger charge is -2.36. The normalized spacial score (nSPS) is 18.5. The number of alkyl halides is 2. The zero-order valence-corrected chi connectivity index (χ0v) is 21.2. The molecule has 1 aromatic rings. The summed E-state index contributed by atoms with van der Waals surface area (Å²) in [5.74, 6) is -2.77. The van der Waals surface area contributed by atoms with Gasteiger partial charge < -0.3 is 29.7 Å². The van der Waals surface area contributed by atoms with Crippen molar-refractivity contribution >= 4 is 29.6 Å². The summed E-state index contributed by atoms with van der Waals surface area (Å²) in [6, 6.07) is 6.05. The summed E-state index contributed by atoms with van der Waals surface area (Å²) in [7, 11) is 6.16. The number of nitrogens with zero attached hydrogens (tertiary/aromatic N) is 4. The third-order valence-corrected chi connectivity index (χ3v) is 5.56. The van der Waals surface area contributed by atoms with E-state index in [1.165, 1.54) is 5.69 Å². The number of benzene rings is 1. The Morgan fingerprint density at radius 2 is 1.79 bits per heavy atom. The van der Waals surface area contributed by atoms with Gasteiger partial charge in [-0.2, -0.15) is 0 Å². The molecule has 8 nitrogen and oxygen atoms in total. The zero-order valence-electron chi connectivity index (χ0n) is 21.2. The maximum absolute atomic E-state index is 13.0. The fourth-order valence-electron chi connectivity index (χ4n) is 3.93. The molecule has 2 fully saturated rings. The number of hydrogen-bond acceptors (Lipinski definition) is 6. The quantitative estimate of drug-likeness (QED) is 0.659. The molecule has 0 bridgehead atoms. The maximum Gasteiger partial charge on any atom is 0.410 e. The Morgan fingerprint density at radius 1 is 1.15 bits per heavy atom. The molecule has 2 amide bonds. The van der Waals surface area contributed by atoms with E-state index in [1.807, 2.05) is 26.2 Å². The average Bonchev–Trinajstić information content (AvgIpc) is 2.73. The number of ether oxygens (including phenoxy) is 1. The van der Waals surface area contributed by atoms with Crippen LogP contribution < -0.4 is 15.1 Å². The van der Waals surface area contributed by atoms with Crippen LogP contribution in [-0.4, -0.2) is 94.2 Å². The number of carbonyl (C=O) groups is 2. The molecule has 0 aliphatic carbocycles. The third kappa shape index (κ3) is 8.30. The molecular weight excluding hydrogens is 444 g/mol. The molecular formula is C24H39F2N5O3. The molecule has 0 atom stereocenters. The predicted molar refractivity (Wildman–Crippen MR) is 132 cm³/mol. The highest BCUT2D eigenvalue weighted by molar-refractivity contribution is 5.89. The zero-order chi connectivity index (χ0) is 25.5. The van der Waals surface area contributed by atoms with Gasteiger partial charge in [0.2, 0.25) is 6.41 Å². The SMILES string of the molecule is CC(C)(C)OC(=O)N1CCCC(F)(F)C1.CN1CCN(c2cccc(NC=O)c2N(C)C)CC1. The number of piperidine rings is 1. The summed E-state index contributed by atoms with van der Waals surface area (Å²) in [6.07, 6.45) is 0.260. The molecule has 2 saturated heterocycles. The molecule has 3 rings (SSSR count). The minimum Gasteiger partial charge on any atom is -0.444 e. The van der Waals surface area contributed by atoms with E-state index in [2.05, 4.69) is 33.1 Å². The third-order valence-electron chi connectivity index (χ3n) is 5.56. The highest BCUT2D eigenvalue weighted by Gasteiger charge is 2.38. The Bertz CT molecular complexity index is 821. The van der Waals surface area contributed by atoms with Crippen LogP contribution in [0.5, 0.6) is 0 Å². The number of amides is 2.